The minimum absolute atomic E-state index is 0.0342. The number of hydrogen-bond donors (Lipinski definition) is 2. The fourth-order valence-electron chi connectivity index (χ4n) is 5.99. The van der Waals surface area contributed by atoms with Crippen molar-refractivity contribution in [2.45, 2.75) is 94.6 Å². The second-order valence-corrected chi connectivity index (χ2v) is 15.8. The summed E-state index contributed by atoms with van der Waals surface area (Å²) < 4.78 is 40.6. The lowest BCUT2D eigenvalue weighted by atomic mass is 9.88. The standard InChI is InChI=1S/C33H49N3O7S2/c1-23-20-36(24(2)22-37)33(39)28-19-27(34-32(38)26-12-6-5-7-13-26)15-16-29(28)43-25(3)11-8-9-17-42-30(23)21-35(4)45(40,41)31-14-10-18-44-31/h10,14-16,18-19,23-26,30,37H,5-9,11-13,17,20-22H2,1-4H3,(H,34,38)/t23-,24+,25-,30-/m1/s1. The van der Waals surface area contributed by atoms with Gasteiger partial charge in [0.1, 0.15) is 9.96 Å². The van der Waals surface area contributed by atoms with Crippen molar-refractivity contribution in [2.75, 3.05) is 38.7 Å². The number of sulfonamides is 1. The number of thiophene rings is 1. The highest BCUT2D eigenvalue weighted by Crippen LogP contribution is 2.30. The lowest BCUT2D eigenvalue weighted by molar-refractivity contribution is -0.120. The molecular weight excluding hydrogens is 615 g/mol. The number of aliphatic hydroxyl groups excluding tert-OH is 1. The molecular formula is C33H49N3O7S2. The van der Waals surface area contributed by atoms with Crippen molar-refractivity contribution < 1.29 is 32.6 Å². The fraction of sp³-hybridized carbons (Fsp3) is 0.636. The van der Waals surface area contributed by atoms with Crippen molar-refractivity contribution >= 4 is 38.9 Å². The van der Waals surface area contributed by atoms with Gasteiger partial charge in [0.25, 0.3) is 15.9 Å². The van der Waals surface area contributed by atoms with Crippen LogP contribution in [0.3, 0.4) is 0 Å². The van der Waals surface area contributed by atoms with Gasteiger partial charge in [-0.3, -0.25) is 9.59 Å². The summed E-state index contributed by atoms with van der Waals surface area (Å²) in [4.78, 5) is 29.0. The Kier molecular flexibility index (Phi) is 12.8. The quantitative estimate of drug-likeness (QED) is 0.388. The molecule has 2 N–H and O–H groups in total. The van der Waals surface area contributed by atoms with Gasteiger partial charge < -0.3 is 24.8 Å². The van der Waals surface area contributed by atoms with E-state index in [0.29, 0.717) is 23.6 Å². The van der Waals surface area contributed by atoms with Gasteiger partial charge in [-0.2, -0.15) is 4.31 Å². The Morgan fingerprint density at radius 1 is 1.13 bits per heavy atom. The maximum atomic E-state index is 14.3. The summed E-state index contributed by atoms with van der Waals surface area (Å²) in [5, 5.41) is 14.9. The van der Waals surface area contributed by atoms with E-state index in [9.17, 15) is 23.1 Å². The predicted octanol–water partition coefficient (Wildman–Crippen LogP) is 5.38. The largest absolute Gasteiger partial charge is 0.490 e. The summed E-state index contributed by atoms with van der Waals surface area (Å²) in [5.74, 6) is -0.255. The Morgan fingerprint density at radius 2 is 1.87 bits per heavy atom. The van der Waals surface area contributed by atoms with E-state index in [1.165, 1.54) is 15.6 Å². The first kappa shape index (κ1) is 35.3. The zero-order chi connectivity index (χ0) is 32.6. The molecule has 2 aromatic rings. The van der Waals surface area contributed by atoms with Gasteiger partial charge >= 0.3 is 0 Å². The molecule has 2 heterocycles. The molecule has 1 aliphatic carbocycles. The molecule has 1 aromatic heterocycles. The normalized spacial score (nSPS) is 23.6. The van der Waals surface area contributed by atoms with Crippen LogP contribution in [-0.2, 0) is 19.6 Å². The van der Waals surface area contributed by atoms with Crippen LogP contribution < -0.4 is 10.1 Å². The molecule has 1 saturated carbocycles. The number of ether oxygens (including phenoxy) is 2. The molecule has 0 bridgehead atoms. The third kappa shape index (κ3) is 9.28. The Morgan fingerprint density at radius 3 is 2.56 bits per heavy atom. The van der Waals surface area contributed by atoms with E-state index < -0.39 is 22.2 Å². The average Bonchev–Trinajstić information content (AvgIpc) is 3.59. The first-order chi connectivity index (χ1) is 21.5. The Bertz CT molecular complexity index is 1360. The topological polar surface area (TPSA) is 125 Å². The van der Waals surface area contributed by atoms with Crippen LogP contribution in [0, 0.1) is 11.8 Å². The van der Waals surface area contributed by atoms with Gasteiger partial charge in [0.15, 0.2) is 0 Å². The van der Waals surface area contributed by atoms with Crippen LogP contribution in [0.5, 0.6) is 5.75 Å². The highest BCUT2D eigenvalue weighted by Gasteiger charge is 2.33. The Labute approximate surface area is 272 Å². The van der Waals surface area contributed by atoms with Gasteiger partial charge in [-0.15, -0.1) is 11.3 Å². The molecule has 0 spiro atoms. The smallest absolute Gasteiger partial charge is 0.258 e. The van der Waals surface area contributed by atoms with Crippen molar-refractivity contribution in [3.8, 4) is 5.75 Å². The number of carbonyl (C=O) groups is 2. The molecule has 1 aromatic carbocycles. The molecule has 0 unspecified atom stereocenters. The van der Waals surface area contributed by atoms with Crippen LogP contribution in [0.2, 0.25) is 0 Å². The van der Waals surface area contributed by atoms with Crippen LogP contribution >= 0.6 is 11.3 Å². The third-order valence-electron chi connectivity index (χ3n) is 8.89. The molecule has 45 heavy (non-hydrogen) atoms. The van der Waals surface area contributed by atoms with Gasteiger partial charge in [-0.05, 0) is 75.6 Å². The highest BCUT2D eigenvalue weighted by atomic mass is 32.2. The number of hydrogen-bond acceptors (Lipinski definition) is 8. The lowest BCUT2D eigenvalue weighted by Crippen LogP contribution is -2.48. The first-order valence-electron chi connectivity index (χ1n) is 16.2. The van der Waals surface area contributed by atoms with Gasteiger partial charge in [-0.25, -0.2) is 8.42 Å². The zero-order valence-electron chi connectivity index (χ0n) is 26.9. The minimum atomic E-state index is -3.69. The van der Waals surface area contributed by atoms with E-state index in [2.05, 4.69) is 5.32 Å². The average molecular weight is 664 g/mol. The molecule has 1 aliphatic heterocycles. The minimum Gasteiger partial charge on any atom is -0.490 e. The SMILES string of the molecule is C[C@@H]1CCCCO[C@H](CN(C)S(=O)(=O)c2cccs2)[C@H](C)CN([C@@H](C)CO)C(=O)c2cc(NC(=O)C3CCCCC3)ccc2O1. The molecule has 2 aliphatic rings. The summed E-state index contributed by atoms with van der Waals surface area (Å²) in [6, 6.07) is 7.96. The number of fused-ring (bicyclic) bond motifs is 1. The van der Waals surface area contributed by atoms with Crippen LogP contribution in [0.4, 0.5) is 5.69 Å². The summed E-state index contributed by atoms with van der Waals surface area (Å²) in [5.41, 5.74) is 0.837. The maximum absolute atomic E-state index is 14.3. The van der Waals surface area contributed by atoms with Gasteiger partial charge in [-0.1, -0.05) is 32.3 Å². The van der Waals surface area contributed by atoms with E-state index in [0.717, 1.165) is 51.4 Å². The number of benzene rings is 1. The third-order valence-corrected chi connectivity index (χ3v) is 12.1. The monoisotopic (exact) mass is 663 g/mol. The lowest BCUT2D eigenvalue weighted by Gasteiger charge is -2.35. The highest BCUT2D eigenvalue weighted by molar-refractivity contribution is 7.91. The zero-order valence-corrected chi connectivity index (χ0v) is 28.6. The number of anilines is 1. The molecule has 4 atom stereocenters. The second kappa shape index (κ2) is 16.4. The van der Waals surface area contributed by atoms with E-state index in [-0.39, 0.29) is 53.7 Å². The molecule has 2 amide bonds. The Balaban J connectivity index is 1.63. The Hall–Kier alpha value is -2.51. The summed E-state index contributed by atoms with van der Waals surface area (Å²) in [6.07, 6.45) is 6.62. The van der Waals surface area contributed by atoms with Crippen LogP contribution in [0.1, 0.15) is 82.5 Å². The van der Waals surface area contributed by atoms with Crippen molar-refractivity contribution in [1.29, 1.82) is 0 Å². The molecule has 0 radical (unpaired) electrons. The van der Waals surface area contributed by atoms with Gasteiger partial charge in [0.2, 0.25) is 5.91 Å². The molecule has 250 valence electrons. The van der Waals surface area contributed by atoms with Crippen molar-refractivity contribution in [3.63, 3.8) is 0 Å². The number of carbonyl (C=O) groups excluding carboxylic acids is 2. The summed E-state index contributed by atoms with van der Waals surface area (Å²) >= 11 is 1.17. The summed E-state index contributed by atoms with van der Waals surface area (Å²) in [7, 11) is -2.15. The molecule has 10 nitrogen and oxygen atoms in total. The first-order valence-corrected chi connectivity index (χ1v) is 18.5. The predicted molar refractivity (Wildman–Crippen MR) is 176 cm³/mol. The van der Waals surface area contributed by atoms with E-state index in [4.69, 9.17) is 9.47 Å². The maximum Gasteiger partial charge on any atom is 0.258 e. The second-order valence-electron chi connectivity index (χ2n) is 12.6. The summed E-state index contributed by atoms with van der Waals surface area (Å²) in [6.45, 7) is 6.18. The number of nitrogens with one attached hydrogen (secondary N) is 1. The number of likely N-dealkylation sites (N-methyl/N-ethyl adjacent to an activating group) is 1. The van der Waals surface area contributed by atoms with Crippen LogP contribution in [-0.4, -0.2) is 86.1 Å². The number of amides is 2. The molecule has 4 rings (SSSR count). The van der Waals surface area contributed by atoms with Crippen molar-refractivity contribution in [3.05, 3.63) is 41.3 Å². The number of aliphatic hydroxyl groups is 1. The van der Waals surface area contributed by atoms with Crippen molar-refractivity contribution in [2.24, 2.45) is 11.8 Å². The van der Waals surface area contributed by atoms with Crippen molar-refractivity contribution in [1.82, 2.24) is 9.21 Å². The van der Waals surface area contributed by atoms with E-state index in [1.54, 1.807) is 54.6 Å². The van der Waals surface area contributed by atoms with Gasteiger partial charge in [0.05, 0.1) is 30.4 Å². The van der Waals surface area contributed by atoms with Crippen LogP contribution in [0.25, 0.3) is 0 Å². The van der Waals surface area contributed by atoms with E-state index >= 15 is 0 Å². The van der Waals surface area contributed by atoms with Crippen LogP contribution in [0.15, 0.2) is 39.9 Å². The van der Waals surface area contributed by atoms with Gasteiger partial charge in [0, 0.05) is 44.3 Å². The fourth-order valence-corrected chi connectivity index (χ4v) is 8.37. The number of rotatable bonds is 8. The van der Waals surface area contributed by atoms with E-state index in [1.807, 2.05) is 13.8 Å². The number of nitrogens with zero attached hydrogens (tertiary/aromatic N) is 2. The molecule has 0 saturated heterocycles. The molecule has 12 heteroatoms. The molecule has 1 fully saturated rings.